The van der Waals surface area contributed by atoms with Gasteiger partial charge in [0, 0.05) is 17.2 Å². The van der Waals surface area contributed by atoms with Crippen molar-refractivity contribution in [2.45, 2.75) is 70.8 Å². The van der Waals surface area contributed by atoms with E-state index < -0.39 is 64.2 Å². The van der Waals surface area contributed by atoms with Gasteiger partial charge >= 0.3 is 12.5 Å². The Morgan fingerprint density at radius 2 is 1.00 bits per heavy atom. The van der Waals surface area contributed by atoms with Gasteiger partial charge in [-0.25, -0.2) is 22.0 Å². The molecule has 2 nitrogen and oxygen atoms in total. The summed E-state index contributed by atoms with van der Waals surface area (Å²) in [6.07, 6.45) is -0.558. The van der Waals surface area contributed by atoms with E-state index in [4.69, 9.17) is 0 Å². The minimum atomic E-state index is -5.18. The molecule has 0 aliphatic carbocycles. The van der Waals surface area contributed by atoms with Crippen LogP contribution in [0.2, 0.25) is 0 Å². The number of aryl methyl sites for hydroxylation is 1. The summed E-state index contributed by atoms with van der Waals surface area (Å²) in [7, 11) is 0. The monoisotopic (exact) mass is 748 g/mol. The van der Waals surface area contributed by atoms with E-state index in [2.05, 4.69) is 16.4 Å². The Bertz CT molecular complexity index is 2000. The van der Waals surface area contributed by atoms with Crippen LogP contribution < -0.4 is 9.47 Å². The van der Waals surface area contributed by atoms with Crippen molar-refractivity contribution in [2.24, 2.45) is 0 Å². The highest BCUT2D eigenvalue weighted by molar-refractivity contribution is 5.72. The van der Waals surface area contributed by atoms with Crippen LogP contribution in [-0.4, -0.2) is 6.36 Å². The molecule has 0 aliphatic rings. The number of alkyl halides is 5. The fraction of sp³-hybridized carbons (Fsp3) is 0.268. The molecule has 0 saturated heterocycles. The molecule has 0 aromatic heterocycles. The smallest absolute Gasteiger partial charge is 0.429 e. The molecule has 0 radical (unpaired) electrons. The molecule has 0 spiro atoms. The average Bonchev–Trinajstić information content (AvgIpc) is 3.08. The van der Waals surface area contributed by atoms with Crippen LogP contribution in [0.4, 0.5) is 43.9 Å². The summed E-state index contributed by atoms with van der Waals surface area (Å²) in [5.41, 5.74) is -0.737. The molecule has 0 fully saturated rings. The third kappa shape index (κ3) is 10.1. The van der Waals surface area contributed by atoms with Gasteiger partial charge in [-0.1, -0.05) is 87.9 Å². The summed E-state index contributed by atoms with van der Waals surface area (Å²) in [5, 5.41) is 0. The van der Waals surface area contributed by atoms with Crippen LogP contribution in [-0.2, 0) is 12.5 Å². The molecule has 5 aromatic rings. The minimum absolute atomic E-state index is 0.245. The lowest BCUT2D eigenvalue weighted by Crippen LogP contribution is -2.25. The van der Waals surface area contributed by atoms with Gasteiger partial charge in [0.25, 0.3) is 0 Å². The maximum atomic E-state index is 15.3. The van der Waals surface area contributed by atoms with Gasteiger partial charge < -0.3 is 9.47 Å². The Balaban J connectivity index is 1.26. The maximum Gasteiger partial charge on any atom is 0.573 e. The van der Waals surface area contributed by atoms with E-state index in [-0.39, 0.29) is 16.7 Å². The van der Waals surface area contributed by atoms with Crippen LogP contribution in [0.15, 0.2) is 91.0 Å². The number of benzene rings is 5. The lowest BCUT2D eigenvalue weighted by atomic mass is 9.97. The highest BCUT2D eigenvalue weighted by Crippen LogP contribution is 2.39. The molecule has 0 bridgehead atoms. The molecule has 0 aliphatic heterocycles. The van der Waals surface area contributed by atoms with E-state index in [1.54, 1.807) is 6.07 Å². The fourth-order valence-corrected chi connectivity index (χ4v) is 5.95. The third-order valence-corrected chi connectivity index (χ3v) is 8.62. The van der Waals surface area contributed by atoms with Gasteiger partial charge in [0.2, 0.25) is 0 Å². The number of hydrogen-bond donors (Lipinski definition) is 0. The first-order valence-electron chi connectivity index (χ1n) is 17.0. The summed E-state index contributed by atoms with van der Waals surface area (Å²) < 4.78 is 150. The second-order valence-corrected chi connectivity index (χ2v) is 12.5. The van der Waals surface area contributed by atoms with Crippen LogP contribution in [0.5, 0.6) is 11.5 Å². The van der Waals surface area contributed by atoms with E-state index in [1.807, 2.05) is 24.3 Å². The maximum absolute atomic E-state index is 15.3. The molecule has 0 N–H and O–H groups in total. The molecule has 280 valence electrons. The molecule has 0 saturated carbocycles. The molecule has 0 unspecified atom stereocenters. The standard InChI is InChI=1S/C41H34F10O2/c1-2-3-4-5-6-7-8-9-25-10-12-26(13-11-25)27-14-17-32(33(42)20-27)29-22-36(45)39(37(46)23-29)40(47,48)52-30-16-18-31(34(43)24-30)28-15-19-38(35(44)21-28)53-41(49,50)51/h10-24H,2-9H2,1H3. The molecule has 5 rings (SSSR count). The summed E-state index contributed by atoms with van der Waals surface area (Å²) >= 11 is 0. The van der Waals surface area contributed by atoms with Crippen LogP contribution >= 0.6 is 0 Å². The highest BCUT2D eigenvalue weighted by atomic mass is 19.4. The zero-order chi connectivity index (χ0) is 38.3. The van der Waals surface area contributed by atoms with Gasteiger partial charge in [0.05, 0.1) is 0 Å². The molecule has 0 atom stereocenters. The normalized spacial score (nSPS) is 11.9. The van der Waals surface area contributed by atoms with Crippen molar-refractivity contribution in [3.8, 4) is 44.9 Å². The lowest BCUT2D eigenvalue weighted by Gasteiger charge is -2.20. The lowest BCUT2D eigenvalue weighted by molar-refractivity contribution is -0.275. The first-order chi connectivity index (χ1) is 25.1. The van der Waals surface area contributed by atoms with Crippen LogP contribution in [0.1, 0.15) is 63.0 Å². The average molecular weight is 749 g/mol. The van der Waals surface area contributed by atoms with Crippen molar-refractivity contribution in [3.63, 3.8) is 0 Å². The Kier molecular flexibility index (Phi) is 12.4. The van der Waals surface area contributed by atoms with Crippen LogP contribution in [0, 0.1) is 29.1 Å². The van der Waals surface area contributed by atoms with E-state index >= 15 is 22.0 Å². The zero-order valence-electron chi connectivity index (χ0n) is 28.4. The fourth-order valence-electron chi connectivity index (χ4n) is 5.95. The van der Waals surface area contributed by atoms with Gasteiger partial charge in [0.1, 0.15) is 34.6 Å². The Morgan fingerprint density at radius 1 is 0.472 bits per heavy atom. The number of unbranched alkanes of at least 4 members (excludes halogenated alkanes) is 6. The summed E-state index contributed by atoms with van der Waals surface area (Å²) in [4.78, 5) is 0. The number of ether oxygens (including phenoxy) is 2. The Hall–Kier alpha value is -5.00. The molecular weight excluding hydrogens is 714 g/mol. The van der Waals surface area contributed by atoms with Crippen molar-refractivity contribution < 1.29 is 53.4 Å². The van der Waals surface area contributed by atoms with Gasteiger partial charge in [-0.05, 0) is 83.1 Å². The molecule has 5 aromatic carbocycles. The third-order valence-electron chi connectivity index (χ3n) is 8.62. The van der Waals surface area contributed by atoms with Crippen molar-refractivity contribution in [2.75, 3.05) is 0 Å². The van der Waals surface area contributed by atoms with Crippen molar-refractivity contribution in [1.29, 1.82) is 0 Å². The second kappa shape index (κ2) is 16.8. The van der Waals surface area contributed by atoms with Gasteiger partial charge in [-0.3, -0.25) is 0 Å². The summed E-state index contributed by atoms with van der Waals surface area (Å²) in [6, 6.07) is 16.8. The van der Waals surface area contributed by atoms with Crippen LogP contribution in [0.3, 0.4) is 0 Å². The second-order valence-electron chi connectivity index (χ2n) is 12.5. The van der Waals surface area contributed by atoms with Crippen LogP contribution in [0.25, 0.3) is 33.4 Å². The van der Waals surface area contributed by atoms with E-state index in [0.717, 1.165) is 43.0 Å². The molecular formula is C41H34F10O2. The first-order valence-corrected chi connectivity index (χ1v) is 17.0. The molecule has 53 heavy (non-hydrogen) atoms. The topological polar surface area (TPSA) is 18.5 Å². The highest BCUT2D eigenvalue weighted by Gasteiger charge is 2.41. The van der Waals surface area contributed by atoms with Crippen molar-refractivity contribution in [3.05, 3.63) is 131 Å². The van der Waals surface area contributed by atoms with Crippen molar-refractivity contribution in [1.82, 2.24) is 0 Å². The minimum Gasteiger partial charge on any atom is -0.429 e. The molecule has 0 heterocycles. The molecule has 12 heteroatoms. The first kappa shape index (κ1) is 39.2. The summed E-state index contributed by atoms with van der Waals surface area (Å²) in [5.74, 6) is -9.18. The molecule has 0 amide bonds. The number of halogens is 10. The zero-order valence-corrected chi connectivity index (χ0v) is 28.4. The van der Waals surface area contributed by atoms with E-state index in [0.29, 0.717) is 41.5 Å². The predicted molar refractivity (Wildman–Crippen MR) is 182 cm³/mol. The van der Waals surface area contributed by atoms with E-state index in [1.165, 1.54) is 44.2 Å². The van der Waals surface area contributed by atoms with Gasteiger partial charge in [-0.2, -0.15) is 8.78 Å². The Labute approximate surface area is 300 Å². The van der Waals surface area contributed by atoms with Gasteiger partial charge in [0.15, 0.2) is 11.6 Å². The predicted octanol–water partition coefficient (Wildman–Crippen LogP) is 13.7. The van der Waals surface area contributed by atoms with E-state index in [9.17, 15) is 22.0 Å². The number of rotatable bonds is 15. The quantitative estimate of drug-likeness (QED) is 0.0784. The largest absolute Gasteiger partial charge is 0.573 e. The summed E-state index contributed by atoms with van der Waals surface area (Å²) in [6.45, 7) is 2.18. The van der Waals surface area contributed by atoms with Crippen molar-refractivity contribution >= 4 is 0 Å². The SMILES string of the molecule is CCCCCCCCCc1ccc(-c2ccc(-c3cc(F)c(C(F)(F)Oc4ccc(-c5ccc(OC(F)(F)F)c(F)c5)c(F)c4)c(F)c3)c(F)c2)cc1. The Morgan fingerprint density at radius 3 is 1.60 bits per heavy atom. The number of hydrogen-bond acceptors (Lipinski definition) is 2. The van der Waals surface area contributed by atoms with Gasteiger partial charge in [-0.15, -0.1) is 13.2 Å².